The number of nitrogens with zero attached hydrogens (tertiary/aromatic N) is 1. The molecule has 0 amide bonds. The predicted molar refractivity (Wildman–Crippen MR) is 54.3 cm³/mol. The first-order valence-corrected chi connectivity index (χ1v) is 5.27. The topological polar surface area (TPSA) is 3.24 Å². The molecular formula is C11H23N. The molecule has 1 rings (SSSR count). The second-order valence-corrected chi connectivity index (χ2v) is 4.85. The van der Waals surface area contributed by atoms with Gasteiger partial charge in [-0.15, -0.1) is 0 Å². The summed E-state index contributed by atoms with van der Waals surface area (Å²) in [5, 5.41) is 0. The van der Waals surface area contributed by atoms with Crippen LogP contribution in [0.15, 0.2) is 0 Å². The molecule has 1 aliphatic carbocycles. The van der Waals surface area contributed by atoms with Crippen LogP contribution in [0, 0.1) is 11.8 Å². The molecule has 0 bridgehead atoms. The summed E-state index contributed by atoms with van der Waals surface area (Å²) in [7, 11) is 4.46. The minimum atomic E-state index is 0.845. The van der Waals surface area contributed by atoms with E-state index in [4.69, 9.17) is 0 Å². The Morgan fingerprint density at radius 3 is 2.08 bits per heavy atom. The second kappa shape index (κ2) is 4.27. The molecule has 0 unspecified atom stereocenters. The largest absolute Gasteiger partial charge is 0.306 e. The molecule has 0 N–H and O–H groups in total. The van der Waals surface area contributed by atoms with Crippen LogP contribution in [-0.2, 0) is 0 Å². The van der Waals surface area contributed by atoms with Crippen molar-refractivity contribution in [3.05, 3.63) is 0 Å². The molecule has 12 heavy (non-hydrogen) atoms. The zero-order valence-electron chi connectivity index (χ0n) is 9.01. The van der Waals surface area contributed by atoms with E-state index in [0.717, 1.165) is 17.9 Å². The van der Waals surface area contributed by atoms with Gasteiger partial charge in [-0.2, -0.15) is 0 Å². The van der Waals surface area contributed by atoms with Crippen LogP contribution in [-0.4, -0.2) is 25.0 Å². The SMILES string of the molecule is CC(C)C[C@H](C1CCC1)N(C)C. The van der Waals surface area contributed by atoms with Crippen LogP contribution < -0.4 is 0 Å². The Labute approximate surface area is 77.1 Å². The molecule has 0 saturated heterocycles. The zero-order chi connectivity index (χ0) is 9.14. The van der Waals surface area contributed by atoms with Gasteiger partial charge in [-0.05, 0) is 45.2 Å². The highest BCUT2D eigenvalue weighted by atomic mass is 15.1. The van der Waals surface area contributed by atoms with Crippen molar-refractivity contribution >= 4 is 0 Å². The van der Waals surface area contributed by atoms with Crippen LogP contribution in [0.1, 0.15) is 39.5 Å². The first-order chi connectivity index (χ1) is 5.61. The van der Waals surface area contributed by atoms with Gasteiger partial charge in [-0.3, -0.25) is 0 Å². The summed E-state index contributed by atoms with van der Waals surface area (Å²) < 4.78 is 0. The Morgan fingerprint density at radius 1 is 1.25 bits per heavy atom. The van der Waals surface area contributed by atoms with Crippen LogP contribution in [0.5, 0.6) is 0 Å². The van der Waals surface area contributed by atoms with Crippen LogP contribution in [0.3, 0.4) is 0 Å². The fourth-order valence-electron chi connectivity index (χ4n) is 2.13. The highest BCUT2D eigenvalue weighted by Gasteiger charge is 2.28. The second-order valence-electron chi connectivity index (χ2n) is 4.85. The molecule has 1 saturated carbocycles. The summed E-state index contributed by atoms with van der Waals surface area (Å²) in [6.45, 7) is 4.66. The van der Waals surface area contributed by atoms with E-state index in [1.807, 2.05) is 0 Å². The van der Waals surface area contributed by atoms with Gasteiger partial charge >= 0.3 is 0 Å². The molecule has 0 heterocycles. The van der Waals surface area contributed by atoms with Gasteiger partial charge in [0.2, 0.25) is 0 Å². The van der Waals surface area contributed by atoms with Gasteiger partial charge in [0.1, 0.15) is 0 Å². The van der Waals surface area contributed by atoms with Crippen molar-refractivity contribution in [3.63, 3.8) is 0 Å². The third kappa shape index (κ3) is 2.48. The van der Waals surface area contributed by atoms with Gasteiger partial charge in [0.25, 0.3) is 0 Å². The lowest BCUT2D eigenvalue weighted by Gasteiger charge is -2.38. The van der Waals surface area contributed by atoms with Crippen LogP contribution in [0.4, 0.5) is 0 Å². The maximum absolute atomic E-state index is 2.42. The monoisotopic (exact) mass is 169 g/mol. The molecule has 1 nitrogen and oxygen atoms in total. The molecule has 0 aromatic carbocycles. The van der Waals surface area contributed by atoms with Crippen molar-refractivity contribution in [2.75, 3.05) is 14.1 Å². The van der Waals surface area contributed by atoms with Crippen LogP contribution >= 0.6 is 0 Å². The summed E-state index contributed by atoms with van der Waals surface area (Å²) in [4.78, 5) is 2.42. The Balaban J connectivity index is 2.37. The van der Waals surface area contributed by atoms with E-state index in [-0.39, 0.29) is 0 Å². The standard InChI is InChI=1S/C11H23N/c1-9(2)8-11(12(3)4)10-6-5-7-10/h9-11H,5-8H2,1-4H3/t11-/m1/s1. The highest BCUT2D eigenvalue weighted by molar-refractivity contribution is 4.83. The summed E-state index contributed by atoms with van der Waals surface area (Å²) in [6.07, 6.45) is 5.77. The Bertz CT molecular complexity index is 125. The van der Waals surface area contributed by atoms with Gasteiger partial charge in [0.05, 0.1) is 0 Å². The lowest BCUT2D eigenvalue weighted by Crippen LogP contribution is -2.39. The molecule has 1 fully saturated rings. The molecule has 0 radical (unpaired) electrons. The Morgan fingerprint density at radius 2 is 1.83 bits per heavy atom. The fraction of sp³-hybridized carbons (Fsp3) is 1.00. The normalized spacial score (nSPS) is 21.5. The van der Waals surface area contributed by atoms with E-state index in [9.17, 15) is 0 Å². The van der Waals surface area contributed by atoms with E-state index in [0.29, 0.717) is 0 Å². The lowest BCUT2D eigenvalue weighted by atomic mass is 9.76. The molecular weight excluding hydrogens is 146 g/mol. The van der Waals surface area contributed by atoms with E-state index in [1.165, 1.54) is 25.7 Å². The molecule has 72 valence electrons. The molecule has 1 aliphatic rings. The first kappa shape index (κ1) is 10.0. The van der Waals surface area contributed by atoms with Crippen molar-refractivity contribution in [2.24, 2.45) is 11.8 Å². The van der Waals surface area contributed by atoms with Crippen molar-refractivity contribution in [1.82, 2.24) is 4.90 Å². The Hall–Kier alpha value is -0.0400. The van der Waals surface area contributed by atoms with E-state index in [1.54, 1.807) is 0 Å². The van der Waals surface area contributed by atoms with Crippen LogP contribution in [0.25, 0.3) is 0 Å². The van der Waals surface area contributed by atoms with Crippen molar-refractivity contribution in [1.29, 1.82) is 0 Å². The van der Waals surface area contributed by atoms with Gasteiger partial charge in [-0.25, -0.2) is 0 Å². The summed E-state index contributed by atoms with van der Waals surface area (Å²) in [6, 6.07) is 0.846. The molecule has 0 aliphatic heterocycles. The minimum absolute atomic E-state index is 0.845. The lowest BCUT2D eigenvalue weighted by molar-refractivity contribution is 0.121. The van der Waals surface area contributed by atoms with Gasteiger partial charge in [-0.1, -0.05) is 20.3 Å². The number of hydrogen-bond acceptors (Lipinski definition) is 1. The van der Waals surface area contributed by atoms with E-state index in [2.05, 4.69) is 32.8 Å². The fourth-order valence-corrected chi connectivity index (χ4v) is 2.13. The zero-order valence-corrected chi connectivity index (χ0v) is 9.01. The van der Waals surface area contributed by atoms with Crippen molar-refractivity contribution in [2.45, 2.75) is 45.6 Å². The smallest absolute Gasteiger partial charge is 0.0120 e. The van der Waals surface area contributed by atoms with E-state index >= 15 is 0 Å². The van der Waals surface area contributed by atoms with Gasteiger partial charge in [0.15, 0.2) is 0 Å². The highest BCUT2D eigenvalue weighted by Crippen LogP contribution is 2.34. The predicted octanol–water partition coefficient (Wildman–Crippen LogP) is 2.76. The third-order valence-electron chi connectivity index (χ3n) is 3.07. The summed E-state index contributed by atoms with van der Waals surface area (Å²) in [5.74, 6) is 1.85. The Kier molecular flexibility index (Phi) is 3.57. The summed E-state index contributed by atoms with van der Waals surface area (Å²) >= 11 is 0. The molecule has 0 spiro atoms. The van der Waals surface area contributed by atoms with Gasteiger partial charge < -0.3 is 4.90 Å². The molecule has 1 atom stereocenters. The number of hydrogen-bond donors (Lipinski definition) is 0. The molecule has 0 aromatic rings. The maximum Gasteiger partial charge on any atom is 0.0120 e. The number of rotatable bonds is 4. The van der Waals surface area contributed by atoms with Gasteiger partial charge in [0, 0.05) is 6.04 Å². The summed E-state index contributed by atoms with van der Waals surface area (Å²) in [5.41, 5.74) is 0. The van der Waals surface area contributed by atoms with Crippen molar-refractivity contribution < 1.29 is 0 Å². The maximum atomic E-state index is 2.42. The average Bonchev–Trinajstić information content (AvgIpc) is 1.80. The molecule has 1 heteroatoms. The first-order valence-electron chi connectivity index (χ1n) is 5.27. The van der Waals surface area contributed by atoms with Crippen LogP contribution in [0.2, 0.25) is 0 Å². The third-order valence-corrected chi connectivity index (χ3v) is 3.07. The quantitative estimate of drug-likeness (QED) is 0.625. The molecule has 0 aromatic heterocycles. The van der Waals surface area contributed by atoms with Crippen molar-refractivity contribution in [3.8, 4) is 0 Å². The minimum Gasteiger partial charge on any atom is -0.306 e. The van der Waals surface area contributed by atoms with E-state index < -0.39 is 0 Å². The average molecular weight is 169 g/mol.